The van der Waals surface area contributed by atoms with Gasteiger partial charge in [0.05, 0.1) is 32.3 Å². The van der Waals surface area contributed by atoms with Crippen LogP contribution >= 0.6 is 0 Å². The summed E-state index contributed by atoms with van der Waals surface area (Å²) in [6.07, 6.45) is 2.55. The fraction of sp³-hybridized carbons (Fsp3) is 0.656. The maximum atomic E-state index is 13.1. The molecule has 0 amide bonds. The van der Waals surface area contributed by atoms with E-state index in [0.717, 1.165) is 19.3 Å². The van der Waals surface area contributed by atoms with Crippen LogP contribution in [0, 0.1) is 27.4 Å². The fourth-order valence-electron chi connectivity index (χ4n) is 6.59. The number of ketones is 1. The van der Waals surface area contributed by atoms with E-state index in [0.29, 0.717) is 30.4 Å². The molecule has 0 radical (unpaired) electrons. The van der Waals surface area contributed by atoms with Crippen LogP contribution in [0.5, 0.6) is 11.5 Å². The smallest absolute Gasteiger partial charge is 0.311 e. The number of aliphatic carboxylic acids is 2. The molecule has 0 saturated heterocycles. The number of carboxylic acids is 2. The third-order valence-corrected chi connectivity index (χ3v) is 9.32. The number of carbonyl (C=O) groups is 5. The number of unbranched alkanes of at least 4 members (excludes halogenated alkanes) is 3. The topological polar surface area (TPSA) is 197 Å². The number of benzene rings is 1. The van der Waals surface area contributed by atoms with Crippen LogP contribution in [0.25, 0.3) is 0 Å². The van der Waals surface area contributed by atoms with Crippen LogP contribution < -0.4 is 9.47 Å². The number of esters is 2. The highest BCUT2D eigenvalue weighted by atomic mass is 16.9. The first-order valence-electron chi connectivity index (χ1n) is 15.4. The molecule has 248 valence electrons. The van der Waals surface area contributed by atoms with Gasteiger partial charge in [-0.3, -0.25) is 24.0 Å². The second-order valence-corrected chi connectivity index (χ2v) is 13.2. The van der Waals surface area contributed by atoms with Crippen LogP contribution in [0.2, 0.25) is 0 Å². The van der Waals surface area contributed by atoms with E-state index >= 15 is 0 Å². The van der Waals surface area contributed by atoms with Crippen molar-refractivity contribution < 1.29 is 53.6 Å². The molecule has 0 unspecified atom stereocenters. The van der Waals surface area contributed by atoms with Crippen molar-refractivity contribution in [1.82, 2.24) is 0 Å². The number of carboxylic acid groups (broad SMARTS) is 2. The van der Waals surface area contributed by atoms with Gasteiger partial charge in [-0.15, -0.1) is 10.1 Å². The summed E-state index contributed by atoms with van der Waals surface area (Å²) in [6, 6.07) is 3.38. The Bertz CT molecular complexity index is 1260. The number of rotatable bonds is 18. The van der Waals surface area contributed by atoms with Crippen molar-refractivity contribution in [2.45, 2.75) is 110 Å². The SMILES string of the molecule is CC(C)(CCCCCCO[N+](=O)[O-])c1cc(OC(=O)CCC(=O)O)c([C@@H]2CC(=O)[C@@H]3C[C@H]2C3(C)C)c(OC(=O)CCC(=O)O)c1. The average molecular weight is 634 g/mol. The van der Waals surface area contributed by atoms with E-state index in [-0.39, 0.29) is 47.6 Å². The summed E-state index contributed by atoms with van der Waals surface area (Å²) >= 11 is 0. The molecule has 3 aliphatic rings. The Morgan fingerprint density at radius 3 is 1.93 bits per heavy atom. The molecule has 0 spiro atoms. The van der Waals surface area contributed by atoms with E-state index in [1.165, 1.54) is 0 Å². The Labute approximate surface area is 261 Å². The lowest BCUT2D eigenvalue weighted by molar-refractivity contribution is -0.757. The number of carbonyl (C=O) groups excluding carboxylic acids is 3. The van der Waals surface area contributed by atoms with E-state index in [1.807, 2.05) is 27.7 Å². The number of Topliss-reactive ketones (excluding diaryl/α,β-unsaturated/α-hetero) is 1. The van der Waals surface area contributed by atoms with E-state index in [2.05, 4.69) is 4.84 Å². The number of hydrogen-bond acceptors (Lipinski definition) is 10. The van der Waals surface area contributed by atoms with Gasteiger partial charge in [-0.25, -0.2) is 0 Å². The molecule has 3 fully saturated rings. The van der Waals surface area contributed by atoms with Crippen LogP contribution in [0.4, 0.5) is 0 Å². The highest BCUT2D eigenvalue weighted by Crippen LogP contribution is 2.64. The lowest BCUT2D eigenvalue weighted by atomic mass is 9.44. The molecule has 0 heterocycles. The zero-order valence-electron chi connectivity index (χ0n) is 26.3. The summed E-state index contributed by atoms with van der Waals surface area (Å²) in [6.45, 7) is 7.97. The van der Waals surface area contributed by atoms with Gasteiger partial charge in [0.1, 0.15) is 17.3 Å². The summed E-state index contributed by atoms with van der Waals surface area (Å²) in [4.78, 5) is 75.8. The molecular formula is C32H43NO12. The standard InChI is InChI=1S/C32H43NO12/c1-31(2,13-7-5-6-8-14-43-33(41)42)19-15-24(44-28(39)11-9-26(35)36)30(25(16-19)45-29(40)12-10-27(37)38)20-17-23(34)22-18-21(20)32(22,3)4/h15-16,20-22H,5-14,17-18H2,1-4H3,(H,35,36)(H,37,38)/t20-,21-,22+/m1/s1. The van der Waals surface area contributed by atoms with E-state index in [4.69, 9.17) is 19.7 Å². The predicted molar refractivity (Wildman–Crippen MR) is 158 cm³/mol. The Kier molecular flexibility index (Phi) is 11.7. The van der Waals surface area contributed by atoms with Gasteiger partial charge in [0.15, 0.2) is 0 Å². The molecule has 2 bridgehead atoms. The quantitative estimate of drug-likeness (QED) is 0.0689. The first-order valence-corrected chi connectivity index (χ1v) is 15.4. The molecular weight excluding hydrogens is 590 g/mol. The molecule has 13 nitrogen and oxygen atoms in total. The van der Waals surface area contributed by atoms with E-state index < -0.39 is 66.0 Å². The number of nitrogens with zero attached hydrogens (tertiary/aromatic N) is 1. The van der Waals surface area contributed by atoms with Gasteiger partial charge in [0.2, 0.25) is 0 Å². The van der Waals surface area contributed by atoms with Crippen molar-refractivity contribution in [3.63, 3.8) is 0 Å². The van der Waals surface area contributed by atoms with Crippen molar-refractivity contribution in [2.75, 3.05) is 6.61 Å². The number of hydrogen-bond donors (Lipinski definition) is 2. The van der Waals surface area contributed by atoms with Gasteiger partial charge in [-0.2, -0.15) is 0 Å². The minimum atomic E-state index is -1.17. The van der Waals surface area contributed by atoms with Crippen molar-refractivity contribution in [1.29, 1.82) is 0 Å². The monoisotopic (exact) mass is 633 g/mol. The maximum absolute atomic E-state index is 13.1. The van der Waals surface area contributed by atoms with E-state index in [9.17, 15) is 34.1 Å². The molecule has 1 aromatic carbocycles. The van der Waals surface area contributed by atoms with Crippen LogP contribution in [-0.4, -0.2) is 51.6 Å². The molecule has 4 rings (SSSR count). The van der Waals surface area contributed by atoms with Crippen molar-refractivity contribution >= 4 is 29.7 Å². The molecule has 3 saturated carbocycles. The zero-order chi connectivity index (χ0) is 33.5. The van der Waals surface area contributed by atoms with Gasteiger partial charge >= 0.3 is 23.9 Å². The largest absolute Gasteiger partial charge is 0.481 e. The third-order valence-electron chi connectivity index (χ3n) is 9.32. The summed E-state index contributed by atoms with van der Waals surface area (Å²) in [5, 5.41) is 27.7. The van der Waals surface area contributed by atoms with Gasteiger partial charge in [-0.1, -0.05) is 47.0 Å². The van der Waals surface area contributed by atoms with E-state index in [1.54, 1.807) is 12.1 Å². The molecule has 45 heavy (non-hydrogen) atoms. The lowest BCUT2D eigenvalue weighted by Gasteiger charge is -2.59. The van der Waals surface area contributed by atoms with Gasteiger partial charge in [-0.05, 0) is 53.7 Å². The summed E-state index contributed by atoms with van der Waals surface area (Å²) in [5.74, 6) is -4.19. The van der Waals surface area contributed by atoms with Crippen molar-refractivity contribution in [2.24, 2.45) is 17.3 Å². The molecule has 0 aliphatic heterocycles. The molecule has 2 N–H and O–H groups in total. The van der Waals surface area contributed by atoms with Crippen LogP contribution in [0.1, 0.15) is 115 Å². The number of ether oxygens (including phenoxy) is 2. The summed E-state index contributed by atoms with van der Waals surface area (Å²) < 4.78 is 11.6. The van der Waals surface area contributed by atoms with Gasteiger partial charge < -0.3 is 24.5 Å². The Morgan fingerprint density at radius 1 is 0.933 bits per heavy atom. The van der Waals surface area contributed by atoms with Crippen LogP contribution in [0.3, 0.4) is 0 Å². The highest BCUT2D eigenvalue weighted by molar-refractivity contribution is 5.87. The third kappa shape index (κ3) is 9.24. The minimum Gasteiger partial charge on any atom is -0.481 e. The first-order chi connectivity index (χ1) is 21.0. The first kappa shape index (κ1) is 35.4. The predicted octanol–water partition coefficient (Wildman–Crippen LogP) is 5.38. The molecule has 3 atom stereocenters. The Morgan fingerprint density at radius 2 is 1.47 bits per heavy atom. The highest BCUT2D eigenvalue weighted by Gasteiger charge is 2.59. The molecule has 0 aromatic heterocycles. The fourth-order valence-corrected chi connectivity index (χ4v) is 6.59. The second kappa shape index (κ2) is 14.8. The normalized spacial score (nSPS) is 20.1. The average Bonchev–Trinajstić information content (AvgIpc) is 2.93. The second-order valence-electron chi connectivity index (χ2n) is 13.2. The van der Waals surface area contributed by atoms with Crippen LogP contribution in [-0.2, 0) is 34.2 Å². The molecule has 3 aliphatic carbocycles. The minimum absolute atomic E-state index is 0.0197. The van der Waals surface area contributed by atoms with Crippen molar-refractivity contribution in [3.8, 4) is 11.5 Å². The Balaban J connectivity index is 2.00. The van der Waals surface area contributed by atoms with Gasteiger partial charge in [0, 0.05) is 23.8 Å². The number of fused-ring (bicyclic) bond motifs is 2. The van der Waals surface area contributed by atoms with Crippen molar-refractivity contribution in [3.05, 3.63) is 33.4 Å². The summed E-state index contributed by atoms with van der Waals surface area (Å²) in [7, 11) is 0. The molecule has 13 heteroatoms. The lowest BCUT2D eigenvalue weighted by Crippen LogP contribution is -2.56. The van der Waals surface area contributed by atoms with Crippen LogP contribution in [0.15, 0.2) is 12.1 Å². The van der Waals surface area contributed by atoms with Gasteiger partial charge in [0.25, 0.3) is 5.09 Å². The molecule has 1 aromatic rings. The summed E-state index contributed by atoms with van der Waals surface area (Å²) in [5.41, 5.74) is 0.164. The Hall–Kier alpha value is -4.03. The maximum Gasteiger partial charge on any atom is 0.311 e. The zero-order valence-corrected chi connectivity index (χ0v) is 26.3.